The first kappa shape index (κ1) is 21.1. The number of rotatable bonds is 6. The molecule has 0 aromatic heterocycles. The van der Waals surface area contributed by atoms with Crippen LogP contribution in [0.3, 0.4) is 0 Å². The van der Waals surface area contributed by atoms with Crippen LogP contribution in [0.2, 0.25) is 0 Å². The van der Waals surface area contributed by atoms with Crippen molar-refractivity contribution in [1.29, 1.82) is 0 Å². The van der Waals surface area contributed by atoms with Gasteiger partial charge < -0.3 is 10.2 Å². The first-order valence-electron chi connectivity index (χ1n) is 10.4. The van der Waals surface area contributed by atoms with Crippen molar-refractivity contribution in [3.05, 3.63) is 65.7 Å². The van der Waals surface area contributed by atoms with Crippen molar-refractivity contribution in [3.8, 4) is 0 Å². The largest absolute Gasteiger partial charge is 0.335 e. The molecule has 1 N–H and O–H groups in total. The molecule has 1 aliphatic rings. The second-order valence-corrected chi connectivity index (χ2v) is 9.34. The molecular formula is C25H32N2O2. The number of benzene rings is 2. The van der Waals surface area contributed by atoms with Crippen LogP contribution in [0.1, 0.15) is 58.6 Å². The van der Waals surface area contributed by atoms with Crippen molar-refractivity contribution in [2.45, 2.75) is 65.5 Å². The number of para-hydroxylation sites is 1. The third-order valence-electron chi connectivity index (χ3n) is 5.66. The highest BCUT2D eigenvalue weighted by Crippen LogP contribution is 2.49. The molecule has 0 spiro atoms. The maximum Gasteiger partial charge on any atom is 0.240 e. The third kappa shape index (κ3) is 4.52. The molecule has 1 fully saturated rings. The van der Waals surface area contributed by atoms with E-state index >= 15 is 0 Å². The van der Waals surface area contributed by atoms with E-state index in [0.717, 1.165) is 16.8 Å². The van der Waals surface area contributed by atoms with Crippen molar-refractivity contribution in [2.24, 2.45) is 5.41 Å². The summed E-state index contributed by atoms with van der Waals surface area (Å²) >= 11 is 0. The molecule has 0 saturated heterocycles. The van der Waals surface area contributed by atoms with Crippen molar-refractivity contribution < 1.29 is 9.59 Å². The third-order valence-corrected chi connectivity index (χ3v) is 5.66. The van der Waals surface area contributed by atoms with Crippen LogP contribution in [0.25, 0.3) is 0 Å². The molecule has 0 heterocycles. The summed E-state index contributed by atoms with van der Waals surface area (Å²) in [6, 6.07) is 17.8. The van der Waals surface area contributed by atoms with E-state index in [0.29, 0.717) is 19.4 Å². The Hall–Kier alpha value is -2.62. The summed E-state index contributed by atoms with van der Waals surface area (Å²) in [6.45, 7) is 10.9. The normalized spacial score (nSPS) is 15.1. The minimum Gasteiger partial charge on any atom is -0.335 e. The number of nitrogens with zero attached hydrogens (tertiary/aromatic N) is 1. The number of carbonyl (C=O) groups excluding carboxylic acids is 2. The van der Waals surface area contributed by atoms with Gasteiger partial charge in [0.25, 0.3) is 0 Å². The Morgan fingerprint density at radius 2 is 1.59 bits per heavy atom. The van der Waals surface area contributed by atoms with Gasteiger partial charge in [-0.2, -0.15) is 0 Å². The van der Waals surface area contributed by atoms with Crippen molar-refractivity contribution >= 4 is 17.5 Å². The molecule has 29 heavy (non-hydrogen) atoms. The van der Waals surface area contributed by atoms with Gasteiger partial charge in [-0.05, 0) is 49.3 Å². The number of hydrogen-bond donors (Lipinski definition) is 1. The highest BCUT2D eigenvalue weighted by Gasteiger charge is 2.58. The first-order chi connectivity index (χ1) is 13.6. The second kappa shape index (κ2) is 8.02. The average molecular weight is 393 g/mol. The van der Waals surface area contributed by atoms with Crippen LogP contribution in [-0.4, -0.2) is 22.8 Å². The second-order valence-electron chi connectivity index (χ2n) is 9.34. The Kier molecular flexibility index (Phi) is 5.83. The van der Waals surface area contributed by atoms with E-state index in [1.165, 1.54) is 0 Å². The maximum absolute atomic E-state index is 13.5. The van der Waals surface area contributed by atoms with E-state index < -0.39 is 5.41 Å². The summed E-state index contributed by atoms with van der Waals surface area (Å²) in [4.78, 5) is 28.5. The minimum atomic E-state index is -0.940. The number of anilines is 1. The molecule has 0 unspecified atom stereocenters. The molecule has 1 saturated carbocycles. The molecule has 2 aromatic carbocycles. The van der Waals surface area contributed by atoms with Crippen molar-refractivity contribution in [2.75, 3.05) is 5.32 Å². The van der Waals surface area contributed by atoms with Crippen molar-refractivity contribution in [3.63, 3.8) is 0 Å². The van der Waals surface area contributed by atoms with Crippen LogP contribution in [0.5, 0.6) is 0 Å². The van der Waals surface area contributed by atoms with Crippen LogP contribution < -0.4 is 5.32 Å². The summed E-state index contributed by atoms with van der Waals surface area (Å²) in [7, 11) is 0. The number of hydrogen-bond acceptors (Lipinski definition) is 2. The fourth-order valence-corrected chi connectivity index (χ4v) is 3.70. The SMILES string of the molecule is CC(C)N(Cc1ccccc1)C(=O)C1(C(=O)Nc2ccccc2C(C)(C)C)CC1. The summed E-state index contributed by atoms with van der Waals surface area (Å²) < 4.78 is 0. The predicted octanol–water partition coefficient (Wildman–Crippen LogP) is 5.14. The van der Waals surface area contributed by atoms with Gasteiger partial charge in [-0.1, -0.05) is 69.3 Å². The lowest BCUT2D eigenvalue weighted by Gasteiger charge is -2.31. The van der Waals surface area contributed by atoms with Gasteiger partial charge in [0.1, 0.15) is 5.41 Å². The number of nitrogens with one attached hydrogen (secondary N) is 1. The maximum atomic E-state index is 13.5. The summed E-state index contributed by atoms with van der Waals surface area (Å²) in [5, 5.41) is 3.07. The lowest BCUT2D eigenvalue weighted by atomic mass is 9.85. The molecule has 2 amide bonds. The molecule has 1 aliphatic carbocycles. The van der Waals surface area contributed by atoms with E-state index in [1.54, 1.807) is 0 Å². The van der Waals surface area contributed by atoms with E-state index in [-0.39, 0.29) is 23.3 Å². The fraction of sp³-hybridized carbons (Fsp3) is 0.440. The molecule has 4 nitrogen and oxygen atoms in total. The van der Waals surface area contributed by atoms with E-state index in [2.05, 4.69) is 26.1 Å². The molecule has 0 aliphatic heterocycles. The van der Waals surface area contributed by atoms with Crippen LogP contribution in [0.15, 0.2) is 54.6 Å². The zero-order valence-corrected chi connectivity index (χ0v) is 18.2. The quantitative estimate of drug-likeness (QED) is 0.692. The topological polar surface area (TPSA) is 49.4 Å². The molecule has 2 aromatic rings. The van der Waals surface area contributed by atoms with Crippen LogP contribution in [-0.2, 0) is 21.5 Å². The van der Waals surface area contributed by atoms with Crippen LogP contribution in [0, 0.1) is 5.41 Å². The van der Waals surface area contributed by atoms with Gasteiger partial charge in [-0.15, -0.1) is 0 Å². The highest BCUT2D eigenvalue weighted by atomic mass is 16.2. The number of amides is 2. The predicted molar refractivity (Wildman–Crippen MR) is 118 cm³/mol. The fourth-order valence-electron chi connectivity index (χ4n) is 3.70. The van der Waals surface area contributed by atoms with Crippen LogP contribution in [0.4, 0.5) is 5.69 Å². The molecule has 3 rings (SSSR count). The van der Waals surface area contributed by atoms with Gasteiger partial charge in [0.05, 0.1) is 0 Å². The Labute approximate surface area is 174 Å². The standard InChI is InChI=1S/C25H32N2O2/c1-18(2)27(17-19-11-7-6-8-12-19)23(29)25(15-16-25)22(28)26-21-14-10-9-13-20(21)24(3,4)5/h6-14,18H,15-17H2,1-5H3,(H,26,28). The van der Waals surface area contributed by atoms with Gasteiger partial charge >= 0.3 is 0 Å². The summed E-state index contributed by atoms with van der Waals surface area (Å²) in [5.41, 5.74) is 1.90. The first-order valence-corrected chi connectivity index (χ1v) is 10.4. The Bertz CT molecular complexity index is 877. The van der Waals surface area contributed by atoms with E-state index in [4.69, 9.17) is 0 Å². The minimum absolute atomic E-state index is 0.0230. The van der Waals surface area contributed by atoms with Crippen LogP contribution >= 0.6 is 0 Å². The molecule has 0 bridgehead atoms. The lowest BCUT2D eigenvalue weighted by molar-refractivity contribution is -0.144. The highest BCUT2D eigenvalue weighted by molar-refractivity contribution is 6.13. The zero-order valence-electron chi connectivity index (χ0n) is 18.2. The molecule has 0 atom stereocenters. The molecule has 0 radical (unpaired) electrons. The van der Waals surface area contributed by atoms with Gasteiger partial charge in [-0.3, -0.25) is 9.59 Å². The monoisotopic (exact) mass is 392 g/mol. The van der Waals surface area contributed by atoms with Crippen molar-refractivity contribution in [1.82, 2.24) is 4.90 Å². The van der Waals surface area contributed by atoms with Gasteiger partial charge in [0, 0.05) is 18.3 Å². The Morgan fingerprint density at radius 1 is 1.00 bits per heavy atom. The number of carbonyl (C=O) groups is 2. The Balaban J connectivity index is 1.81. The smallest absolute Gasteiger partial charge is 0.240 e. The molecule has 154 valence electrons. The van der Waals surface area contributed by atoms with Gasteiger partial charge in [-0.25, -0.2) is 0 Å². The zero-order chi connectivity index (χ0) is 21.2. The Morgan fingerprint density at radius 3 is 2.14 bits per heavy atom. The molecule has 4 heteroatoms. The summed E-state index contributed by atoms with van der Waals surface area (Å²) in [6.07, 6.45) is 1.21. The summed E-state index contributed by atoms with van der Waals surface area (Å²) in [5.74, 6) is -0.250. The molecular weight excluding hydrogens is 360 g/mol. The van der Waals surface area contributed by atoms with Gasteiger partial charge in [0.15, 0.2) is 0 Å². The lowest BCUT2D eigenvalue weighted by Crippen LogP contribution is -2.45. The average Bonchev–Trinajstić information content (AvgIpc) is 3.48. The van der Waals surface area contributed by atoms with E-state index in [1.807, 2.05) is 73.3 Å². The van der Waals surface area contributed by atoms with E-state index in [9.17, 15) is 9.59 Å². The van der Waals surface area contributed by atoms with Gasteiger partial charge in [0.2, 0.25) is 11.8 Å².